The molecule has 192 valence electrons. The van der Waals surface area contributed by atoms with E-state index in [-0.39, 0.29) is 18.9 Å². The Morgan fingerprint density at radius 2 is 1.54 bits per heavy atom. The molecule has 2 rings (SSSR count). The van der Waals surface area contributed by atoms with Crippen LogP contribution in [0.5, 0.6) is 0 Å². The van der Waals surface area contributed by atoms with Crippen LogP contribution in [-0.4, -0.2) is 54.6 Å². The zero-order valence-electron chi connectivity index (χ0n) is 21.3. The average molecular weight is 505 g/mol. The lowest BCUT2D eigenvalue weighted by molar-refractivity contribution is -0.161. The number of carbonyl (C=O) groups is 2. The van der Waals surface area contributed by atoms with Crippen molar-refractivity contribution in [1.82, 2.24) is 10.2 Å². The molecule has 1 N–H and O–H groups in total. The highest BCUT2D eigenvalue weighted by atomic mass is 35.5. The van der Waals surface area contributed by atoms with E-state index in [1.165, 1.54) is 0 Å². The topological polar surface area (TPSA) is 77.1 Å². The number of halogens is 1. The van der Waals surface area contributed by atoms with Gasteiger partial charge in [0.2, 0.25) is 5.91 Å². The average Bonchev–Trinajstić information content (AvgIpc) is 2.79. The van der Waals surface area contributed by atoms with Crippen molar-refractivity contribution in [3.8, 4) is 0 Å². The predicted octanol–water partition coefficient (Wildman–Crippen LogP) is 5.20. The SMILES string of the molecule is CCOC(CN(Cc1ccccc1)C(=O)[C@H](Cc1ccc(Cl)cc1)NC(=O)OC(C)(C)C)OCC. The molecule has 1 atom stereocenters. The third-order valence-corrected chi connectivity index (χ3v) is 5.20. The van der Waals surface area contributed by atoms with Gasteiger partial charge in [-0.15, -0.1) is 0 Å². The van der Waals surface area contributed by atoms with Gasteiger partial charge in [-0.2, -0.15) is 0 Å². The summed E-state index contributed by atoms with van der Waals surface area (Å²) in [7, 11) is 0. The molecular formula is C27H37ClN2O5. The van der Waals surface area contributed by atoms with E-state index >= 15 is 0 Å². The molecule has 0 aliphatic rings. The van der Waals surface area contributed by atoms with Crippen molar-refractivity contribution in [2.24, 2.45) is 0 Å². The fourth-order valence-corrected chi connectivity index (χ4v) is 3.59. The molecule has 8 heteroatoms. The number of ether oxygens (including phenoxy) is 3. The van der Waals surface area contributed by atoms with E-state index in [1.807, 2.05) is 56.3 Å². The van der Waals surface area contributed by atoms with Crippen molar-refractivity contribution in [3.63, 3.8) is 0 Å². The van der Waals surface area contributed by atoms with Crippen molar-refractivity contribution >= 4 is 23.6 Å². The second-order valence-electron chi connectivity index (χ2n) is 9.07. The minimum Gasteiger partial charge on any atom is -0.444 e. The van der Waals surface area contributed by atoms with Crippen LogP contribution in [0.2, 0.25) is 5.02 Å². The molecule has 0 aliphatic carbocycles. The molecule has 0 unspecified atom stereocenters. The Morgan fingerprint density at radius 3 is 2.09 bits per heavy atom. The largest absolute Gasteiger partial charge is 0.444 e. The normalized spacial score (nSPS) is 12.3. The van der Waals surface area contributed by atoms with E-state index in [0.717, 1.165) is 11.1 Å². The number of rotatable bonds is 12. The summed E-state index contributed by atoms with van der Waals surface area (Å²) in [5.41, 5.74) is 1.11. The number of hydrogen-bond donors (Lipinski definition) is 1. The second kappa shape index (κ2) is 14.1. The molecule has 0 heterocycles. The number of amides is 2. The molecule has 0 spiro atoms. The monoisotopic (exact) mass is 504 g/mol. The number of nitrogens with zero attached hydrogens (tertiary/aromatic N) is 1. The zero-order valence-corrected chi connectivity index (χ0v) is 22.0. The fourth-order valence-electron chi connectivity index (χ4n) is 3.47. The first-order valence-corrected chi connectivity index (χ1v) is 12.3. The standard InChI is InChI=1S/C27H37ClN2O5/c1-6-33-24(34-7-2)19-30(18-21-11-9-8-10-12-21)25(31)23(29-26(32)35-27(3,4)5)17-20-13-15-22(28)16-14-20/h8-16,23-24H,6-7,17-19H2,1-5H3,(H,29,32)/t23-/m0/s1. The van der Waals surface area contributed by atoms with Gasteiger partial charge < -0.3 is 24.4 Å². The van der Waals surface area contributed by atoms with Crippen LogP contribution in [0.15, 0.2) is 54.6 Å². The number of hydrogen-bond acceptors (Lipinski definition) is 5. The molecule has 35 heavy (non-hydrogen) atoms. The fraction of sp³-hybridized carbons (Fsp3) is 0.481. The van der Waals surface area contributed by atoms with Crippen LogP contribution in [-0.2, 0) is 32.0 Å². The molecule has 7 nitrogen and oxygen atoms in total. The summed E-state index contributed by atoms with van der Waals surface area (Å²) in [4.78, 5) is 28.2. The highest BCUT2D eigenvalue weighted by Gasteiger charge is 2.30. The highest BCUT2D eigenvalue weighted by molar-refractivity contribution is 6.30. The van der Waals surface area contributed by atoms with E-state index in [4.69, 9.17) is 25.8 Å². The summed E-state index contributed by atoms with van der Waals surface area (Å²) in [6, 6.07) is 16.0. The van der Waals surface area contributed by atoms with Gasteiger partial charge in [0, 0.05) is 31.2 Å². The third kappa shape index (κ3) is 10.7. The predicted molar refractivity (Wildman–Crippen MR) is 137 cm³/mol. The molecule has 0 aliphatic heterocycles. The molecule has 0 saturated heterocycles. The summed E-state index contributed by atoms with van der Waals surface area (Å²) in [6.07, 6.45) is -0.972. The van der Waals surface area contributed by atoms with Crippen molar-refractivity contribution in [1.29, 1.82) is 0 Å². The van der Waals surface area contributed by atoms with Gasteiger partial charge in [-0.1, -0.05) is 54.1 Å². The Labute approximate surface area is 213 Å². The summed E-state index contributed by atoms with van der Waals surface area (Å²) in [5.74, 6) is -0.265. The third-order valence-electron chi connectivity index (χ3n) is 4.94. The van der Waals surface area contributed by atoms with Crippen molar-refractivity contribution in [2.45, 2.75) is 65.5 Å². The maximum absolute atomic E-state index is 13.9. The summed E-state index contributed by atoms with van der Waals surface area (Å²) >= 11 is 6.03. The molecule has 0 aromatic heterocycles. The van der Waals surface area contributed by atoms with Crippen LogP contribution in [0.4, 0.5) is 4.79 Å². The number of alkyl carbamates (subject to hydrolysis) is 1. The van der Waals surface area contributed by atoms with Crippen LogP contribution in [0, 0.1) is 0 Å². The van der Waals surface area contributed by atoms with Crippen LogP contribution in [0.25, 0.3) is 0 Å². The summed E-state index contributed by atoms with van der Waals surface area (Å²) < 4.78 is 16.9. The van der Waals surface area contributed by atoms with Gasteiger partial charge in [-0.3, -0.25) is 4.79 Å². The Morgan fingerprint density at radius 1 is 0.943 bits per heavy atom. The molecule has 2 aromatic carbocycles. The number of nitrogens with one attached hydrogen (secondary N) is 1. The summed E-state index contributed by atoms with van der Waals surface area (Å²) in [6.45, 7) is 10.5. The summed E-state index contributed by atoms with van der Waals surface area (Å²) in [5, 5.41) is 3.37. The van der Waals surface area contributed by atoms with Gasteiger partial charge in [0.15, 0.2) is 6.29 Å². The zero-order chi connectivity index (χ0) is 25.8. The Hall–Kier alpha value is -2.61. The van der Waals surface area contributed by atoms with Crippen LogP contribution in [0.3, 0.4) is 0 Å². The van der Waals surface area contributed by atoms with Crippen molar-refractivity contribution < 1.29 is 23.8 Å². The molecule has 0 radical (unpaired) electrons. The highest BCUT2D eigenvalue weighted by Crippen LogP contribution is 2.16. The molecule has 0 saturated carbocycles. The van der Waals surface area contributed by atoms with E-state index in [2.05, 4.69) is 5.32 Å². The quantitative estimate of drug-likeness (QED) is 0.402. The maximum atomic E-state index is 13.9. The molecule has 2 aromatic rings. The van der Waals surface area contributed by atoms with Gasteiger partial charge in [0.05, 0.1) is 6.54 Å². The van der Waals surface area contributed by atoms with Gasteiger partial charge in [0.25, 0.3) is 0 Å². The van der Waals surface area contributed by atoms with E-state index < -0.39 is 24.0 Å². The van der Waals surface area contributed by atoms with Crippen LogP contribution >= 0.6 is 11.6 Å². The van der Waals surface area contributed by atoms with E-state index in [0.29, 0.717) is 24.8 Å². The lowest BCUT2D eigenvalue weighted by atomic mass is 10.0. The van der Waals surface area contributed by atoms with E-state index in [9.17, 15) is 9.59 Å². The Kier molecular flexibility index (Phi) is 11.5. The smallest absolute Gasteiger partial charge is 0.408 e. The lowest BCUT2D eigenvalue weighted by Gasteiger charge is -2.31. The molecule has 0 fully saturated rings. The first kappa shape index (κ1) is 28.6. The van der Waals surface area contributed by atoms with Gasteiger partial charge in [-0.25, -0.2) is 4.79 Å². The van der Waals surface area contributed by atoms with Crippen LogP contribution < -0.4 is 5.32 Å². The first-order chi connectivity index (χ1) is 16.6. The van der Waals surface area contributed by atoms with Crippen molar-refractivity contribution in [2.75, 3.05) is 19.8 Å². The maximum Gasteiger partial charge on any atom is 0.408 e. The van der Waals surface area contributed by atoms with Gasteiger partial charge in [0.1, 0.15) is 11.6 Å². The van der Waals surface area contributed by atoms with Crippen LogP contribution in [0.1, 0.15) is 45.7 Å². The Bertz CT molecular complexity index is 909. The molecular weight excluding hydrogens is 468 g/mol. The van der Waals surface area contributed by atoms with Gasteiger partial charge in [-0.05, 0) is 57.9 Å². The van der Waals surface area contributed by atoms with E-state index in [1.54, 1.807) is 37.8 Å². The number of carbonyl (C=O) groups excluding carboxylic acids is 2. The second-order valence-corrected chi connectivity index (χ2v) is 9.51. The minimum atomic E-state index is -0.862. The van der Waals surface area contributed by atoms with Gasteiger partial charge >= 0.3 is 6.09 Å². The Balaban J connectivity index is 2.34. The minimum absolute atomic E-state index is 0.211. The number of benzene rings is 2. The lowest BCUT2D eigenvalue weighted by Crippen LogP contribution is -2.52. The molecule has 2 amide bonds. The van der Waals surface area contributed by atoms with Crippen molar-refractivity contribution in [3.05, 3.63) is 70.7 Å². The first-order valence-electron chi connectivity index (χ1n) is 11.9. The molecule has 0 bridgehead atoms.